The number of nitrogens with zero attached hydrogens (tertiary/aromatic N) is 3. The van der Waals surface area contributed by atoms with Gasteiger partial charge in [0.2, 0.25) is 6.79 Å². The zero-order valence-corrected chi connectivity index (χ0v) is 29.2. The molecule has 250 valence electrons. The molecular weight excluding hydrogens is 722 g/mol. The van der Waals surface area contributed by atoms with Crippen molar-refractivity contribution in [3.8, 4) is 29.1 Å². The van der Waals surface area contributed by atoms with Crippen LogP contribution in [0.25, 0.3) is 11.8 Å². The van der Waals surface area contributed by atoms with E-state index in [1.165, 1.54) is 15.9 Å². The van der Waals surface area contributed by atoms with Crippen LogP contribution in [0.2, 0.25) is 0 Å². The molecule has 2 aliphatic rings. The molecule has 50 heavy (non-hydrogen) atoms. The number of hydrogen-bond acceptors (Lipinski definition) is 10. The van der Waals surface area contributed by atoms with Gasteiger partial charge in [-0.15, -0.1) is 0 Å². The lowest BCUT2D eigenvalue weighted by Crippen LogP contribution is -2.40. The molecule has 0 unspecified atom stereocenters. The highest BCUT2D eigenvalue weighted by Crippen LogP contribution is 2.40. The monoisotopic (exact) mass is 749 g/mol. The summed E-state index contributed by atoms with van der Waals surface area (Å²) >= 11 is 4.83. The number of thiazole rings is 1. The number of aromatic nitrogens is 1. The van der Waals surface area contributed by atoms with Gasteiger partial charge in [-0.3, -0.25) is 9.36 Å². The van der Waals surface area contributed by atoms with Crippen LogP contribution in [0.5, 0.6) is 23.0 Å². The molecule has 1 atom stereocenters. The molecule has 0 aliphatic carbocycles. The van der Waals surface area contributed by atoms with E-state index in [-0.39, 0.29) is 31.1 Å². The van der Waals surface area contributed by atoms with Crippen molar-refractivity contribution in [1.29, 1.82) is 5.26 Å². The summed E-state index contributed by atoms with van der Waals surface area (Å²) in [6.07, 6.45) is 1.76. The van der Waals surface area contributed by atoms with Crippen LogP contribution < -0.4 is 33.8 Å². The molecule has 0 bridgehead atoms. The van der Waals surface area contributed by atoms with Crippen LogP contribution in [-0.2, 0) is 16.1 Å². The number of carbonyl (C=O) groups is 1. The third-order valence-electron chi connectivity index (χ3n) is 8.10. The number of fused-ring (bicyclic) bond motifs is 2. The van der Waals surface area contributed by atoms with Crippen LogP contribution in [0.3, 0.4) is 0 Å². The first kappa shape index (κ1) is 32.9. The maximum absolute atomic E-state index is 14.4. The lowest BCUT2D eigenvalue weighted by atomic mass is 9.93. The fraction of sp³-hybridized carbons (Fsp3) is 0.158. The van der Waals surface area contributed by atoms with Crippen LogP contribution in [0.4, 0.5) is 0 Å². The fourth-order valence-corrected chi connectivity index (χ4v) is 7.36. The highest BCUT2D eigenvalue weighted by molar-refractivity contribution is 9.10. The lowest BCUT2D eigenvalue weighted by Gasteiger charge is -2.26. The average Bonchev–Trinajstić information content (AvgIpc) is 3.74. The molecule has 0 N–H and O–H groups in total. The number of halogens is 1. The predicted octanol–water partition coefficient (Wildman–Crippen LogP) is 5.89. The summed E-state index contributed by atoms with van der Waals surface area (Å²) in [6, 6.07) is 26.8. The van der Waals surface area contributed by atoms with E-state index in [1.54, 1.807) is 50.4 Å². The summed E-state index contributed by atoms with van der Waals surface area (Å²) in [7, 11) is 1.54. The first-order valence-corrected chi connectivity index (χ1v) is 17.2. The van der Waals surface area contributed by atoms with Gasteiger partial charge in [0.05, 0.1) is 51.7 Å². The molecule has 0 spiro atoms. The smallest absolute Gasteiger partial charge is 0.338 e. The van der Waals surface area contributed by atoms with E-state index in [2.05, 4.69) is 22.0 Å². The second kappa shape index (κ2) is 14.1. The van der Waals surface area contributed by atoms with Crippen LogP contribution >= 0.6 is 27.3 Å². The number of esters is 1. The van der Waals surface area contributed by atoms with Gasteiger partial charge in [-0.2, -0.15) is 5.26 Å². The minimum absolute atomic E-state index is 0.0790. The van der Waals surface area contributed by atoms with Crippen molar-refractivity contribution in [1.82, 2.24) is 4.57 Å². The van der Waals surface area contributed by atoms with Gasteiger partial charge in [0.15, 0.2) is 27.8 Å². The highest BCUT2D eigenvalue weighted by atomic mass is 79.9. The molecule has 0 saturated heterocycles. The van der Waals surface area contributed by atoms with Gasteiger partial charge >= 0.3 is 5.97 Å². The fourth-order valence-electron chi connectivity index (χ4n) is 5.78. The molecule has 2 aliphatic heterocycles. The summed E-state index contributed by atoms with van der Waals surface area (Å²) in [4.78, 5) is 33.5. The molecule has 0 saturated carbocycles. The summed E-state index contributed by atoms with van der Waals surface area (Å²) in [6.45, 7) is 2.22. The topological polar surface area (TPSA) is 121 Å². The molecule has 0 radical (unpaired) electrons. The van der Waals surface area contributed by atoms with Crippen molar-refractivity contribution in [2.24, 2.45) is 4.99 Å². The van der Waals surface area contributed by atoms with Crippen LogP contribution in [0.1, 0.15) is 40.8 Å². The number of benzene rings is 4. The first-order valence-electron chi connectivity index (χ1n) is 15.6. The van der Waals surface area contributed by atoms with Gasteiger partial charge in [0, 0.05) is 5.56 Å². The summed E-state index contributed by atoms with van der Waals surface area (Å²) in [5.41, 5.74) is 3.82. The van der Waals surface area contributed by atoms with E-state index >= 15 is 0 Å². The Morgan fingerprint density at radius 2 is 1.86 bits per heavy atom. The quantitative estimate of drug-likeness (QED) is 0.171. The minimum atomic E-state index is -0.864. The summed E-state index contributed by atoms with van der Waals surface area (Å²) in [5.74, 6) is 1.47. The normalized spacial score (nSPS) is 14.8. The maximum Gasteiger partial charge on any atom is 0.338 e. The Kier molecular flexibility index (Phi) is 9.25. The number of ether oxygens (including phenoxy) is 5. The molecular formula is C38H28BrN3O7S. The molecule has 10 nitrogen and oxygen atoms in total. The predicted molar refractivity (Wildman–Crippen MR) is 190 cm³/mol. The first-order chi connectivity index (χ1) is 24.4. The molecule has 0 fully saturated rings. The Balaban J connectivity index is 1.35. The van der Waals surface area contributed by atoms with Gasteiger partial charge in [-0.1, -0.05) is 59.9 Å². The van der Waals surface area contributed by atoms with E-state index in [0.29, 0.717) is 64.8 Å². The second-order valence-corrected chi connectivity index (χ2v) is 13.0. The van der Waals surface area contributed by atoms with Gasteiger partial charge in [-0.05, 0) is 82.0 Å². The molecule has 12 heteroatoms. The van der Waals surface area contributed by atoms with Crippen LogP contribution in [-0.4, -0.2) is 31.0 Å². The second-order valence-electron chi connectivity index (χ2n) is 11.2. The van der Waals surface area contributed by atoms with Crippen LogP contribution in [0.15, 0.2) is 105 Å². The van der Waals surface area contributed by atoms with E-state index in [0.717, 1.165) is 5.56 Å². The van der Waals surface area contributed by atoms with Crippen molar-refractivity contribution < 1.29 is 28.5 Å². The Labute approximate surface area is 298 Å². The molecule has 3 heterocycles. The van der Waals surface area contributed by atoms with Crippen molar-refractivity contribution in [2.45, 2.75) is 19.6 Å². The molecule has 5 aromatic rings. The van der Waals surface area contributed by atoms with E-state index in [1.807, 2.05) is 54.6 Å². The molecule has 1 aromatic heterocycles. The van der Waals surface area contributed by atoms with E-state index in [9.17, 15) is 9.59 Å². The van der Waals surface area contributed by atoms with Crippen molar-refractivity contribution >= 4 is 45.0 Å². The number of nitriles is 1. The number of rotatable bonds is 9. The standard InChI is InChI=1S/C38H28BrN3O7S/c1-3-46-37(44)32-33(25-7-5-4-6-8-25)41-38-42(34(32)26-13-14-28-29(18-26)49-21-48-28)36(43)31(50-38)17-24-15-27(39)35(30(16-24)45-2)47-20-23-11-9-22(19-40)10-12-23/h4-18,34H,3,20-21H2,1-2H3/b31-17+/t34-/m1/s1. The Bertz CT molecular complexity index is 2380. The summed E-state index contributed by atoms with van der Waals surface area (Å²) in [5, 5.41) is 9.08. The third-order valence-corrected chi connectivity index (χ3v) is 9.67. The van der Waals surface area contributed by atoms with E-state index < -0.39 is 12.0 Å². The average molecular weight is 751 g/mol. The maximum atomic E-state index is 14.4. The van der Waals surface area contributed by atoms with Crippen molar-refractivity contribution in [2.75, 3.05) is 20.5 Å². The third kappa shape index (κ3) is 6.29. The summed E-state index contributed by atoms with van der Waals surface area (Å²) < 4.78 is 31.1. The zero-order valence-electron chi connectivity index (χ0n) is 26.8. The number of methoxy groups -OCH3 is 1. The van der Waals surface area contributed by atoms with Gasteiger partial charge in [0.1, 0.15) is 6.61 Å². The zero-order chi connectivity index (χ0) is 34.8. The lowest BCUT2D eigenvalue weighted by molar-refractivity contribution is -0.138. The van der Waals surface area contributed by atoms with Crippen LogP contribution in [0, 0.1) is 11.3 Å². The molecule has 7 rings (SSSR count). The highest BCUT2D eigenvalue weighted by Gasteiger charge is 2.36. The SMILES string of the molecule is CCOC(=O)C1=C(c2ccccc2)N=c2s/c(=C/c3cc(Br)c(OCc4ccc(C#N)cc4)c(OC)c3)c(=O)n2[C@@H]1c1ccc2c(c1)OCO2. The largest absolute Gasteiger partial charge is 0.493 e. The van der Waals surface area contributed by atoms with Gasteiger partial charge in [0.25, 0.3) is 5.56 Å². The van der Waals surface area contributed by atoms with Gasteiger partial charge < -0.3 is 23.7 Å². The van der Waals surface area contributed by atoms with E-state index in [4.69, 9.17) is 33.9 Å². The molecule has 4 aromatic carbocycles. The Morgan fingerprint density at radius 1 is 1.08 bits per heavy atom. The van der Waals surface area contributed by atoms with Crippen molar-refractivity contribution in [3.05, 3.63) is 142 Å². The number of hydrogen-bond donors (Lipinski definition) is 0. The van der Waals surface area contributed by atoms with Gasteiger partial charge in [-0.25, -0.2) is 9.79 Å². The number of carbonyl (C=O) groups excluding carboxylic acids is 1. The minimum Gasteiger partial charge on any atom is -0.493 e. The molecule has 0 amide bonds. The Morgan fingerprint density at radius 3 is 2.60 bits per heavy atom. The van der Waals surface area contributed by atoms with Crippen molar-refractivity contribution in [3.63, 3.8) is 0 Å². The Hall–Kier alpha value is -5.64.